The van der Waals surface area contributed by atoms with E-state index < -0.39 is 0 Å². The minimum absolute atomic E-state index is 0.215. The van der Waals surface area contributed by atoms with Crippen molar-refractivity contribution in [3.05, 3.63) is 59.2 Å². The second-order valence-corrected chi connectivity index (χ2v) is 4.59. The van der Waals surface area contributed by atoms with Gasteiger partial charge in [-0.1, -0.05) is 18.2 Å². The molecule has 0 N–H and O–H groups in total. The number of benzene rings is 1. The number of hydrogen-bond acceptors (Lipinski definition) is 1. The summed E-state index contributed by atoms with van der Waals surface area (Å²) >= 11 is 4.16. The molecule has 0 aliphatic carbocycles. The Morgan fingerprint density at radius 2 is 2.06 bits per heavy atom. The van der Waals surface area contributed by atoms with Gasteiger partial charge in [-0.05, 0) is 43.7 Å². The third-order valence-corrected chi connectivity index (χ3v) is 3.15. The van der Waals surface area contributed by atoms with E-state index in [4.69, 9.17) is 0 Å². The van der Waals surface area contributed by atoms with Crippen molar-refractivity contribution in [1.82, 2.24) is 4.57 Å². The number of hydrogen-bond donors (Lipinski definition) is 1. The smallest absolute Gasteiger partial charge is 0.125 e. The molecule has 0 aliphatic rings. The Hall–Kier alpha value is -1.48. The normalized spacial score (nSPS) is 11.3. The minimum Gasteiger partial charge on any atom is -0.318 e. The summed E-state index contributed by atoms with van der Waals surface area (Å²) in [5, 5.41) is 0. The highest BCUT2D eigenvalue weighted by molar-refractivity contribution is 7.80. The van der Waals surface area contributed by atoms with Crippen molar-refractivity contribution in [3.63, 3.8) is 0 Å². The van der Waals surface area contributed by atoms with Crippen LogP contribution in [0.4, 0.5) is 4.39 Å². The molecule has 0 unspecified atom stereocenters. The quantitative estimate of drug-likeness (QED) is 0.791. The molecular formula is C15H16FNS. The van der Waals surface area contributed by atoms with Crippen LogP contribution in [0.5, 0.6) is 0 Å². The topological polar surface area (TPSA) is 4.93 Å². The fourth-order valence-corrected chi connectivity index (χ4v) is 2.25. The first-order valence-electron chi connectivity index (χ1n) is 5.86. The zero-order valence-electron chi connectivity index (χ0n) is 10.5. The van der Waals surface area contributed by atoms with Crippen LogP contribution in [0.2, 0.25) is 0 Å². The van der Waals surface area contributed by atoms with Gasteiger partial charge in [-0.15, -0.1) is 0 Å². The maximum atomic E-state index is 13.3. The monoisotopic (exact) mass is 261 g/mol. The fourth-order valence-electron chi connectivity index (χ4n) is 2.15. The molecule has 0 fully saturated rings. The number of aryl methyl sites for hydroxylation is 1. The van der Waals surface area contributed by atoms with Gasteiger partial charge in [0, 0.05) is 22.8 Å². The molecule has 0 saturated heterocycles. The summed E-state index contributed by atoms with van der Waals surface area (Å²) in [6, 6.07) is 8.74. The molecule has 1 aromatic heterocycles. The molecule has 2 aromatic rings. The van der Waals surface area contributed by atoms with Gasteiger partial charge in [0.1, 0.15) is 5.82 Å². The average Bonchev–Trinajstić information content (AvgIpc) is 2.62. The number of nitrogens with zero attached hydrogens (tertiary/aromatic N) is 1. The van der Waals surface area contributed by atoms with Crippen molar-refractivity contribution in [2.75, 3.05) is 5.75 Å². The Labute approximate surface area is 112 Å². The standard InChI is InChI=1S/C15H16FNS/c1-11-9-13(5-4-8-18)12(2)17(11)15-7-3-6-14(16)10-15/h3-7,9-10,18H,8H2,1-2H3. The van der Waals surface area contributed by atoms with Crippen LogP contribution in [-0.4, -0.2) is 10.3 Å². The van der Waals surface area contributed by atoms with E-state index in [0.29, 0.717) is 5.75 Å². The fraction of sp³-hybridized carbons (Fsp3) is 0.200. The van der Waals surface area contributed by atoms with Crippen LogP contribution in [0.3, 0.4) is 0 Å². The van der Waals surface area contributed by atoms with Gasteiger partial charge in [-0.3, -0.25) is 0 Å². The van der Waals surface area contributed by atoms with Gasteiger partial charge >= 0.3 is 0 Å². The lowest BCUT2D eigenvalue weighted by Gasteiger charge is -2.09. The highest BCUT2D eigenvalue weighted by Crippen LogP contribution is 2.22. The largest absolute Gasteiger partial charge is 0.318 e. The average molecular weight is 261 g/mol. The van der Waals surface area contributed by atoms with Crippen molar-refractivity contribution in [3.8, 4) is 5.69 Å². The highest BCUT2D eigenvalue weighted by atomic mass is 32.1. The van der Waals surface area contributed by atoms with Crippen molar-refractivity contribution in [2.45, 2.75) is 13.8 Å². The molecule has 18 heavy (non-hydrogen) atoms. The summed E-state index contributed by atoms with van der Waals surface area (Å²) in [5.41, 5.74) is 4.20. The Balaban J connectivity index is 2.52. The van der Waals surface area contributed by atoms with E-state index in [-0.39, 0.29) is 5.82 Å². The molecule has 0 amide bonds. The van der Waals surface area contributed by atoms with Gasteiger partial charge in [0.25, 0.3) is 0 Å². The number of halogens is 1. The predicted octanol–water partition coefficient (Wildman–Crippen LogP) is 4.18. The first-order chi connectivity index (χ1) is 8.63. The van der Waals surface area contributed by atoms with Gasteiger partial charge in [0.05, 0.1) is 0 Å². The second kappa shape index (κ2) is 5.44. The maximum absolute atomic E-state index is 13.3. The molecule has 0 atom stereocenters. The molecule has 2 rings (SSSR count). The van der Waals surface area contributed by atoms with Crippen molar-refractivity contribution >= 4 is 18.7 Å². The van der Waals surface area contributed by atoms with E-state index in [1.807, 2.05) is 32.1 Å². The first-order valence-corrected chi connectivity index (χ1v) is 6.49. The van der Waals surface area contributed by atoms with Crippen LogP contribution < -0.4 is 0 Å². The van der Waals surface area contributed by atoms with E-state index in [1.165, 1.54) is 6.07 Å². The molecule has 0 saturated carbocycles. The van der Waals surface area contributed by atoms with Crippen LogP contribution in [-0.2, 0) is 0 Å². The molecular weight excluding hydrogens is 245 g/mol. The molecule has 0 spiro atoms. The highest BCUT2D eigenvalue weighted by Gasteiger charge is 2.09. The number of aromatic nitrogens is 1. The third-order valence-electron chi connectivity index (χ3n) is 2.94. The van der Waals surface area contributed by atoms with Crippen LogP contribution in [0, 0.1) is 19.7 Å². The Morgan fingerprint density at radius 3 is 2.72 bits per heavy atom. The molecule has 3 heteroatoms. The van der Waals surface area contributed by atoms with E-state index in [1.54, 1.807) is 12.1 Å². The number of rotatable bonds is 3. The molecule has 0 aliphatic heterocycles. The molecule has 94 valence electrons. The molecule has 1 nitrogen and oxygen atoms in total. The van der Waals surface area contributed by atoms with Crippen molar-refractivity contribution in [1.29, 1.82) is 0 Å². The summed E-state index contributed by atoms with van der Waals surface area (Å²) in [5.74, 6) is 0.497. The lowest BCUT2D eigenvalue weighted by atomic mass is 10.2. The minimum atomic E-state index is -0.215. The third kappa shape index (κ3) is 2.51. The zero-order valence-corrected chi connectivity index (χ0v) is 11.4. The van der Waals surface area contributed by atoms with Crippen LogP contribution >= 0.6 is 12.6 Å². The Bertz CT molecular complexity index is 584. The first kappa shape index (κ1) is 13.0. The summed E-state index contributed by atoms with van der Waals surface area (Å²) in [7, 11) is 0. The lowest BCUT2D eigenvalue weighted by Crippen LogP contribution is -1.99. The Kier molecular flexibility index (Phi) is 3.92. The SMILES string of the molecule is Cc1cc(C=CCS)c(C)n1-c1cccc(F)c1. The summed E-state index contributed by atoms with van der Waals surface area (Å²) in [4.78, 5) is 0. The zero-order chi connectivity index (χ0) is 13.1. The molecule has 0 bridgehead atoms. The van der Waals surface area contributed by atoms with E-state index in [9.17, 15) is 4.39 Å². The maximum Gasteiger partial charge on any atom is 0.125 e. The van der Waals surface area contributed by atoms with Gasteiger partial charge in [0.15, 0.2) is 0 Å². The van der Waals surface area contributed by atoms with Gasteiger partial charge in [-0.25, -0.2) is 4.39 Å². The second-order valence-electron chi connectivity index (χ2n) is 4.23. The van der Waals surface area contributed by atoms with Gasteiger partial charge in [0.2, 0.25) is 0 Å². The van der Waals surface area contributed by atoms with Crippen LogP contribution in [0.25, 0.3) is 11.8 Å². The van der Waals surface area contributed by atoms with E-state index in [2.05, 4.69) is 23.3 Å². The lowest BCUT2D eigenvalue weighted by molar-refractivity contribution is 0.626. The number of thiol groups is 1. The summed E-state index contributed by atoms with van der Waals surface area (Å²) in [6.45, 7) is 4.06. The predicted molar refractivity (Wildman–Crippen MR) is 78.1 cm³/mol. The summed E-state index contributed by atoms with van der Waals surface area (Å²) in [6.07, 6.45) is 4.05. The summed E-state index contributed by atoms with van der Waals surface area (Å²) < 4.78 is 15.3. The van der Waals surface area contributed by atoms with Gasteiger partial charge < -0.3 is 4.57 Å². The molecule has 1 heterocycles. The van der Waals surface area contributed by atoms with Crippen LogP contribution in [0.1, 0.15) is 17.0 Å². The van der Waals surface area contributed by atoms with Crippen LogP contribution in [0.15, 0.2) is 36.4 Å². The molecule has 0 radical (unpaired) electrons. The Morgan fingerprint density at radius 1 is 1.28 bits per heavy atom. The van der Waals surface area contributed by atoms with E-state index >= 15 is 0 Å². The van der Waals surface area contributed by atoms with Crippen molar-refractivity contribution in [2.24, 2.45) is 0 Å². The molecule has 1 aromatic carbocycles. The van der Waals surface area contributed by atoms with Crippen molar-refractivity contribution < 1.29 is 4.39 Å². The van der Waals surface area contributed by atoms with Gasteiger partial charge in [-0.2, -0.15) is 12.6 Å². The van der Waals surface area contributed by atoms with E-state index in [0.717, 1.165) is 22.6 Å².